The van der Waals surface area contributed by atoms with E-state index in [0.29, 0.717) is 33.5 Å². The molecule has 3 aromatic rings. The summed E-state index contributed by atoms with van der Waals surface area (Å²) in [5.74, 6) is -0.583. The van der Waals surface area contributed by atoms with Gasteiger partial charge in [-0.25, -0.2) is 13.9 Å². The molecular weight excluding hydrogens is 423 g/mol. The maximum absolute atomic E-state index is 14.0. The molecule has 0 saturated heterocycles. The minimum atomic E-state index is -4.23. The summed E-state index contributed by atoms with van der Waals surface area (Å²) in [5.41, 5.74) is 2.94. The predicted molar refractivity (Wildman–Crippen MR) is 118 cm³/mol. The number of hydrogen-bond donors (Lipinski definition) is 3. The molecular formula is C21H25FN4O4S. The Morgan fingerprint density at radius 1 is 1.06 bits per heavy atom. The highest BCUT2D eigenvalue weighted by atomic mass is 32.2. The number of benzene rings is 2. The van der Waals surface area contributed by atoms with Crippen molar-refractivity contribution in [1.82, 2.24) is 9.88 Å². The second kappa shape index (κ2) is 8.54. The Labute approximate surface area is 180 Å². The zero-order valence-corrected chi connectivity index (χ0v) is 18.7. The predicted octanol–water partition coefficient (Wildman–Crippen LogP) is 5.00. The third kappa shape index (κ3) is 5.13. The molecule has 10 heteroatoms. The van der Waals surface area contributed by atoms with E-state index >= 15 is 0 Å². The number of halogens is 1. The topological polar surface area (TPSA) is 113 Å². The molecule has 1 heterocycles. The first-order chi connectivity index (χ1) is 14.5. The van der Waals surface area contributed by atoms with Crippen LogP contribution in [-0.2, 0) is 10.2 Å². The smallest absolute Gasteiger partial charge is 0.334 e. The number of anilines is 2. The van der Waals surface area contributed by atoms with Crippen molar-refractivity contribution in [2.24, 2.45) is 0 Å². The Bertz CT molecular complexity index is 1210. The molecule has 0 radical (unpaired) electrons. The molecule has 8 nitrogen and oxygen atoms in total. The number of rotatable bonds is 6. The molecule has 0 unspecified atom stereocenters. The summed E-state index contributed by atoms with van der Waals surface area (Å²) in [4.78, 5) is 12.5. The number of nitrogens with one attached hydrogen (secondary N) is 3. The maximum atomic E-state index is 14.0. The van der Waals surface area contributed by atoms with Crippen LogP contribution in [0.1, 0.15) is 56.4 Å². The largest absolute Gasteiger partial charge is 0.356 e. The third-order valence-corrected chi connectivity index (χ3v) is 5.73. The molecule has 31 heavy (non-hydrogen) atoms. The van der Waals surface area contributed by atoms with Gasteiger partial charge in [-0.2, -0.15) is 8.42 Å². The number of urea groups is 1. The van der Waals surface area contributed by atoms with Gasteiger partial charge in [0.2, 0.25) is 0 Å². The van der Waals surface area contributed by atoms with Gasteiger partial charge in [-0.05, 0) is 60.2 Å². The van der Waals surface area contributed by atoms with E-state index < -0.39 is 22.1 Å². The van der Waals surface area contributed by atoms with Crippen LogP contribution in [0.2, 0.25) is 0 Å². The van der Waals surface area contributed by atoms with E-state index in [-0.39, 0.29) is 17.5 Å². The Hall–Kier alpha value is -3.14. The zero-order chi connectivity index (χ0) is 22.9. The van der Waals surface area contributed by atoms with Crippen LogP contribution in [0.3, 0.4) is 0 Å². The summed E-state index contributed by atoms with van der Waals surface area (Å²) in [6.07, 6.45) is 0. The van der Waals surface area contributed by atoms with E-state index in [4.69, 9.17) is 4.52 Å². The number of aryl methyl sites for hydroxylation is 1. The summed E-state index contributed by atoms with van der Waals surface area (Å²) < 4.78 is 48.3. The molecule has 0 aliphatic heterocycles. The summed E-state index contributed by atoms with van der Waals surface area (Å²) in [7, 11) is -4.23. The Kier molecular flexibility index (Phi) is 6.21. The summed E-state index contributed by atoms with van der Waals surface area (Å²) >= 11 is 0. The van der Waals surface area contributed by atoms with Crippen molar-refractivity contribution in [1.29, 1.82) is 0 Å². The van der Waals surface area contributed by atoms with Crippen LogP contribution in [0.25, 0.3) is 11.0 Å². The van der Waals surface area contributed by atoms with Gasteiger partial charge >= 0.3 is 16.2 Å². The van der Waals surface area contributed by atoms with Crippen molar-refractivity contribution in [3.8, 4) is 0 Å². The number of amides is 2. The summed E-state index contributed by atoms with van der Waals surface area (Å²) in [5, 5.41) is 7.06. The van der Waals surface area contributed by atoms with Crippen molar-refractivity contribution < 1.29 is 22.1 Å². The van der Waals surface area contributed by atoms with Gasteiger partial charge in [0, 0.05) is 11.1 Å². The third-order valence-electron chi connectivity index (χ3n) is 4.78. The Morgan fingerprint density at radius 3 is 2.26 bits per heavy atom. The number of carbonyl (C=O) groups is 1. The first-order valence-corrected chi connectivity index (χ1v) is 11.3. The van der Waals surface area contributed by atoms with Gasteiger partial charge in [-0.1, -0.05) is 32.9 Å². The molecule has 0 spiro atoms. The normalized spacial score (nSPS) is 11.9. The molecule has 2 aromatic carbocycles. The van der Waals surface area contributed by atoms with Crippen LogP contribution in [0.4, 0.5) is 20.6 Å². The fraction of sp³-hybridized carbons (Fsp3) is 0.333. The fourth-order valence-electron chi connectivity index (χ4n) is 3.27. The number of hydrogen-bond acceptors (Lipinski definition) is 5. The van der Waals surface area contributed by atoms with Crippen LogP contribution in [0.5, 0.6) is 0 Å². The standard InChI is InChI=1S/C21H25FN4O4S/c1-11(2)16-8-14(22)9-17(12(3)4)20(16)23-21(27)26-31(28,29)25-15-6-7-19-18(10-15)13(5)24-30-19/h6-12,25H,1-5H3,(H2,23,26,27). The molecule has 0 aliphatic carbocycles. The molecule has 0 bridgehead atoms. The highest BCUT2D eigenvalue weighted by molar-refractivity contribution is 7.91. The van der Waals surface area contributed by atoms with E-state index in [1.54, 1.807) is 19.1 Å². The molecule has 166 valence electrons. The van der Waals surface area contributed by atoms with Gasteiger partial charge in [0.15, 0.2) is 5.58 Å². The van der Waals surface area contributed by atoms with Crippen molar-refractivity contribution in [3.63, 3.8) is 0 Å². The minimum absolute atomic E-state index is 0.0863. The lowest BCUT2D eigenvalue weighted by atomic mass is 9.92. The minimum Gasteiger partial charge on any atom is -0.356 e. The van der Waals surface area contributed by atoms with Crippen molar-refractivity contribution in [2.75, 3.05) is 10.0 Å². The van der Waals surface area contributed by atoms with Gasteiger partial charge in [-0.3, -0.25) is 4.72 Å². The maximum Gasteiger partial charge on any atom is 0.334 e. The van der Waals surface area contributed by atoms with Gasteiger partial charge in [0.1, 0.15) is 5.82 Å². The molecule has 3 rings (SSSR count). The van der Waals surface area contributed by atoms with Crippen LogP contribution in [0, 0.1) is 12.7 Å². The fourth-order valence-corrected chi connectivity index (χ4v) is 4.05. The quantitative estimate of drug-likeness (QED) is 0.491. The lowest BCUT2D eigenvalue weighted by Gasteiger charge is -2.21. The van der Waals surface area contributed by atoms with Crippen molar-refractivity contribution in [2.45, 2.75) is 46.5 Å². The number of aromatic nitrogens is 1. The summed E-state index contributed by atoms with van der Waals surface area (Å²) in [6.45, 7) is 9.19. The average molecular weight is 449 g/mol. The monoisotopic (exact) mass is 448 g/mol. The van der Waals surface area contributed by atoms with E-state index in [9.17, 15) is 17.6 Å². The first-order valence-electron chi connectivity index (χ1n) is 9.77. The number of fused-ring (bicyclic) bond motifs is 1. The van der Waals surface area contributed by atoms with Gasteiger partial charge < -0.3 is 9.84 Å². The second-order valence-electron chi connectivity index (χ2n) is 7.91. The summed E-state index contributed by atoms with van der Waals surface area (Å²) in [6, 6.07) is 6.37. The van der Waals surface area contributed by atoms with Gasteiger partial charge in [-0.15, -0.1) is 0 Å². The SMILES string of the molecule is Cc1noc2ccc(NS(=O)(=O)NC(=O)Nc3c(C(C)C)cc(F)cc3C(C)C)cc12. The van der Waals surface area contributed by atoms with Gasteiger partial charge in [0.25, 0.3) is 0 Å². The molecule has 0 fully saturated rings. The van der Waals surface area contributed by atoms with Crippen LogP contribution < -0.4 is 14.8 Å². The highest BCUT2D eigenvalue weighted by Crippen LogP contribution is 2.33. The Balaban J connectivity index is 1.81. The molecule has 0 saturated carbocycles. The van der Waals surface area contributed by atoms with E-state index in [2.05, 4.69) is 15.2 Å². The molecule has 0 atom stereocenters. The van der Waals surface area contributed by atoms with E-state index in [0.717, 1.165) is 0 Å². The van der Waals surface area contributed by atoms with Crippen LogP contribution in [0.15, 0.2) is 34.9 Å². The Morgan fingerprint density at radius 2 is 1.68 bits per heavy atom. The van der Waals surface area contributed by atoms with Gasteiger partial charge in [0.05, 0.1) is 11.4 Å². The molecule has 1 aromatic heterocycles. The highest BCUT2D eigenvalue weighted by Gasteiger charge is 2.21. The van der Waals surface area contributed by atoms with Crippen molar-refractivity contribution in [3.05, 3.63) is 53.0 Å². The lowest BCUT2D eigenvalue weighted by molar-refractivity contribution is 0.256. The molecule has 0 aliphatic rings. The van der Waals surface area contributed by atoms with Crippen molar-refractivity contribution >= 4 is 38.6 Å². The second-order valence-corrected chi connectivity index (χ2v) is 9.32. The molecule has 3 N–H and O–H groups in total. The van der Waals surface area contributed by atoms with E-state index in [1.165, 1.54) is 18.2 Å². The number of nitrogens with zero attached hydrogens (tertiary/aromatic N) is 1. The lowest BCUT2D eigenvalue weighted by Crippen LogP contribution is -2.38. The first kappa shape index (κ1) is 22.5. The van der Waals surface area contributed by atoms with E-state index in [1.807, 2.05) is 32.4 Å². The average Bonchev–Trinajstić information content (AvgIpc) is 3.02. The molecule has 2 amide bonds. The van der Waals surface area contributed by atoms with Crippen LogP contribution >= 0.6 is 0 Å². The van der Waals surface area contributed by atoms with Crippen LogP contribution in [-0.4, -0.2) is 19.6 Å². The number of carbonyl (C=O) groups excluding carboxylic acids is 1. The zero-order valence-electron chi connectivity index (χ0n) is 17.9.